The van der Waals surface area contributed by atoms with Gasteiger partial charge in [-0.25, -0.2) is 9.67 Å². The molecule has 7 nitrogen and oxygen atoms in total. The summed E-state index contributed by atoms with van der Waals surface area (Å²) in [6.45, 7) is 1.14. The second kappa shape index (κ2) is 7.47. The monoisotopic (exact) mass is 425 g/mol. The van der Waals surface area contributed by atoms with Crippen LogP contribution in [0.2, 0.25) is 5.02 Å². The SMILES string of the molecule is O=C(NC1COC1)c1cc(-n2ncc3cc(Nc4ccccc4Cl)cnc32)cs1. The van der Waals surface area contributed by atoms with Gasteiger partial charge in [0.05, 0.1) is 58.6 Å². The quantitative estimate of drug-likeness (QED) is 0.505. The van der Waals surface area contributed by atoms with Crippen LogP contribution in [0.25, 0.3) is 16.7 Å². The van der Waals surface area contributed by atoms with Crippen molar-refractivity contribution in [1.82, 2.24) is 20.1 Å². The predicted octanol–water partition coefficient (Wildman–Crippen LogP) is 4.01. The molecule has 146 valence electrons. The third-order valence-corrected chi connectivity index (χ3v) is 5.83. The number of benzene rings is 1. The first-order valence-electron chi connectivity index (χ1n) is 9.00. The molecule has 1 amide bonds. The van der Waals surface area contributed by atoms with Gasteiger partial charge < -0.3 is 15.4 Å². The number of hydrogen-bond donors (Lipinski definition) is 2. The molecule has 1 aromatic carbocycles. The predicted molar refractivity (Wildman–Crippen MR) is 114 cm³/mol. The number of thiophene rings is 1. The van der Waals surface area contributed by atoms with Crippen molar-refractivity contribution in [3.63, 3.8) is 0 Å². The van der Waals surface area contributed by atoms with Gasteiger partial charge in [-0.1, -0.05) is 23.7 Å². The van der Waals surface area contributed by atoms with Crippen LogP contribution in [0.4, 0.5) is 11.4 Å². The lowest BCUT2D eigenvalue weighted by Crippen LogP contribution is -2.48. The number of hydrogen-bond acceptors (Lipinski definition) is 6. The van der Waals surface area contributed by atoms with E-state index in [0.717, 1.165) is 22.4 Å². The fourth-order valence-electron chi connectivity index (χ4n) is 3.03. The van der Waals surface area contributed by atoms with Crippen LogP contribution in [0.3, 0.4) is 0 Å². The molecule has 1 saturated heterocycles. The van der Waals surface area contributed by atoms with E-state index < -0.39 is 0 Å². The molecule has 1 aliphatic heterocycles. The number of rotatable bonds is 5. The first-order valence-corrected chi connectivity index (χ1v) is 10.3. The summed E-state index contributed by atoms with van der Waals surface area (Å²) in [5, 5.41) is 14.1. The Morgan fingerprint density at radius 3 is 2.90 bits per heavy atom. The number of nitrogens with zero attached hydrogens (tertiary/aromatic N) is 3. The molecule has 0 saturated carbocycles. The van der Waals surface area contributed by atoms with Crippen molar-refractivity contribution in [3.05, 3.63) is 64.1 Å². The summed E-state index contributed by atoms with van der Waals surface area (Å²) in [6.07, 6.45) is 3.49. The van der Waals surface area contributed by atoms with E-state index in [4.69, 9.17) is 16.3 Å². The van der Waals surface area contributed by atoms with Gasteiger partial charge in [0.15, 0.2) is 5.65 Å². The van der Waals surface area contributed by atoms with Gasteiger partial charge in [0.25, 0.3) is 5.91 Å². The summed E-state index contributed by atoms with van der Waals surface area (Å²) in [4.78, 5) is 17.5. The van der Waals surface area contributed by atoms with E-state index in [1.54, 1.807) is 17.1 Å². The van der Waals surface area contributed by atoms with Crippen molar-refractivity contribution in [2.75, 3.05) is 18.5 Å². The molecule has 2 N–H and O–H groups in total. The molecular weight excluding hydrogens is 410 g/mol. The Balaban J connectivity index is 1.39. The number of anilines is 2. The van der Waals surface area contributed by atoms with Gasteiger partial charge in [0.1, 0.15) is 0 Å². The first kappa shape index (κ1) is 18.1. The Labute approximate surface area is 175 Å². The summed E-state index contributed by atoms with van der Waals surface area (Å²) < 4.78 is 6.82. The fraction of sp³-hybridized carbons (Fsp3) is 0.150. The lowest BCUT2D eigenvalue weighted by Gasteiger charge is -2.26. The summed E-state index contributed by atoms with van der Waals surface area (Å²) in [5.41, 5.74) is 3.15. The number of halogens is 1. The molecule has 9 heteroatoms. The number of carbonyl (C=O) groups is 1. The normalized spacial score (nSPS) is 14.0. The highest BCUT2D eigenvalue weighted by Gasteiger charge is 2.22. The number of ether oxygens (including phenoxy) is 1. The third-order valence-electron chi connectivity index (χ3n) is 4.59. The highest BCUT2D eigenvalue weighted by Crippen LogP contribution is 2.27. The van der Waals surface area contributed by atoms with Crippen LogP contribution in [0.5, 0.6) is 0 Å². The van der Waals surface area contributed by atoms with Crippen LogP contribution in [0.15, 0.2) is 54.2 Å². The average molecular weight is 426 g/mol. The smallest absolute Gasteiger partial charge is 0.261 e. The molecule has 1 aliphatic rings. The van der Waals surface area contributed by atoms with Crippen LogP contribution >= 0.6 is 22.9 Å². The molecular formula is C20H16ClN5O2S. The lowest BCUT2D eigenvalue weighted by atomic mass is 10.2. The molecule has 0 radical (unpaired) electrons. The number of nitrogens with one attached hydrogen (secondary N) is 2. The van der Waals surface area contributed by atoms with Crippen molar-refractivity contribution in [2.24, 2.45) is 0 Å². The minimum atomic E-state index is -0.0924. The Morgan fingerprint density at radius 2 is 2.10 bits per heavy atom. The minimum absolute atomic E-state index is 0.0924. The highest BCUT2D eigenvalue weighted by atomic mass is 35.5. The van der Waals surface area contributed by atoms with Crippen LogP contribution in [0, 0.1) is 0 Å². The number of amides is 1. The summed E-state index contributed by atoms with van der Waals surface area (Å²) in [5.74, 6) is -0.0924. The van der Waals surface area contributed by atoms with Gasteiger partial charge in [0.2, 0.25) is 0 Å². The molecule has 0 atom stereocenters. The van der Waals surface area contributed by atoms with Crippen molar-refractivity contribution < 1.29 is 9.53 Å². The molecule has 4 aromatic rings. The van der Waals surface area contributed by atoms with Crippen molar-refractivity contribution in [3.8, 4) is 5.69 Å². The van der Waals surface area contributed by atoms with E-state index in [-0.39, 0.29) is 11.9 Å². The van der Waals surface area contributed by atoms with Crippen LogP contribution in [0.1, 0.15) is 9.67 Å². The number of carbonyl (C=O) groups excluding carboxylic acids is 1. The summed E-state index contributed by atoms with van der Waals surface area (Å²) >= 11 is 7.59. The largest absolute Gasteiger partial charge is 0.377 e. The van der Waals surface area contributed by atoms with Gasteiger partial charge in [-0.05, 0) is 24.3 Å². The molecule has 1 fully saturated rings. The molecule has 5 rings (SSSR count). The van der Waals surface area contributed by atoms with E-state index in [9.17, 15) is 4.79 Å². The Bertz CT molecular complexity index is 1200. The van der Waals surface area contributed by atoms with Crippen LogP contribution < -0.4 is 10.6 Å². The third kappa shape index (κ3) is 3.57. The second-order valence-electron chi connectivity index (χ2n) is 6.68. The van der Waals surface area contributed by atoms with E-state index >= 15 is 0 Å². The Kier molecular flexibility index (Phi) is 4.67. The molecule has 0 unspecified atom stereocenters. The highest BCUT2D eigenvalue weighted by molar-refractivity contribution is 7.12. The Morgan fingerprint density at radius 1 is 1.24 bits per heavy atom. The zero-order valence-electron chi connectivity index (χ0n) is 15.1. The number of fused-ring (bicyclic) bond motifs is 1. The average Bonchev–Trinajstić information content (AvgIpc) is 3.33. The first-order chi connectivity index (χ1) is 14.2. The number of pyridine rings is 1. The summed E-state index contributed by atoms with van der Waals surface area (Å²) in [7, 11) is 0. The Hall–Kier alpha value is -2.94. The lowest BCUT2D eigenvalue weighted by molar-refractivity contribution is -0.00338. The molecule has 4 heterocycles. The molecule has 0 bridgehead atoms. The maximum atomic E-state index is 12.3. The maximum Gasteiger partial charge on any atom is 0.261 e. The zero-order chi connectivity index (χ0) is 19.8. The van der Waals surface area contributed by atoms with E-state index in [2.05, 4.69) is 20.7 Å². The van der Waals surface area contributed by atoms with Crippen molar-refractivity contribution >= 4 is 51.3 Å². The fourth-order valence-corrected chi connectivity index (χ4v) is 3.98. The topological polar surface area (TPSA) is 81.1 Å². The van der Waals surface area contributed by atoms with Gasteiger partial charge in [0, 0.05) is 10.8 Å². The standard InChI is InChI=1S/C20H16ClN5O2S/c21-16-3-1-2-4-17(16)24-13-5-12-7-23-26(19(12)22-8-13)15-6-18(29-11-15)20(27)25-14-9-28-10-14/h1-8,11,14,24H,9-10H2,(H,25,27). The van der Waals surface area contributed by atoms with E-state index in [1.807, 2.05) is 41.8 Å². The number of para-hydroxylation sites is 1. The second-order valence-corrected chi connectivity index (χ2v) is 7.99. The summed E-state index contributed by atoms with van der Waals surface area (Å²) in [6, 6.07) is 11.4. The molecule has 29 heavy (non-hydrogen) atoms. The molecule has 3 aromatic heterocycles. The van der Waals surface area contributed by atoms with Crippen molar-refractivity contribution in [2.45, 2.75) is 6.04 Å². The molecule has 0 spiro atoms. The van der Waals surface area contributed by atoms with Gasteiger partial charge in [-0.15, -0.1) is 11.3 Å². The van der Waals surface area contributed by atoms with Crippen molar-refractivity contribution in [1.29, 1.82) is 0 Å². The molecule has 0 aliphatic carbocycles. The van der Waals surface area contributed by atoms with E-state index in [0.29, 0.717) is 28.8 Å². The van der Waals surface area contributed by atoms with Gasteiger partial charge >= 0.3 is 0 Å². The van der Waals surface area contributed by atoms with Crippen LogP contribution in [-0.4, -0.2) is 39.9 Å². The minimum Gasteiger partial charge on any atom is -0.377 e. The van der Waals surface area contributed by atoms with E-state index in [1.165, 1.54) is 11.3 Å². The van der Waals surface area contributed by atoms with Gasteiger partial charge in [-0.3, -0.25) is 4.79 Å². The van der Waals surface area contributed by atoms with Gasteiger partial charge in [-0.2, -0.15) is 5.10 Å². The number of aromatic nitrogens is 3. The zero-order valence-corrected chi connectivity index (χ0v) is 16.7. The maximum absolute atomic E-state index is 12.3. The van der Waals surface area contributed by atoms with Crippen LogP contribution in [-0.2, 0) is 4.74 Å².